The minimum atomic E-state index is -0.528. The minimum absolute atomic E-state index is 0.0867. The predicted molar refractivity (Wildman–Crippen MR) is 54.0 cm³/mol. The van der Waals surface area contributed by atoms with E-state index < -0.39 is 5.97 Å². The second-order valence-corrected chi connectivity index (χ2v) is 3.27. The zero-order valence-corrected chi connectivity index (χ0v) is 9.06. The minimum Gasteiger partial charge on any atom is -0.464 e. The summed E-state index contributed by atoms with van der Waals surface area (Å²) >= 11 is 0. The third-order valence-electron chi connectivity index (χ3n) is 2.29. The van der Waals surface area contributed by atoms with Gasteiger partial charge in [0.15, 0.2) is 12.0 Å². The van der Waals surface area contributed by atoms with Gasteiger partial charge in [0.25, 0.3) is 0 Å². The summed E-state index contributed by atoms with van der Waals surface area (Å²) in [7, 11) is 1.28. The van der Waals surface area contributed by atoms with Crippen molar-refractivity contribution in [1.29, 1.82) is 0 Å². The molecule has 15 heavy (non-hydrogen) atoms. The molecule has 1 aromatic heterocycles. The maximum atomic E-state index is 11.2. The molecule has 0 spiro atoms. The van der Waals surface area contributed by atoms with Gasteiger partial charge in [-0.15, -0.1) is 0 Å². The van der Waals surface area contributed by atoms with E-state index in [2.05, 4.69) is 9.84 Å². The number of ether oxygens (including phenoxy) is 1. The monoisotopic (exact) mass is 210 g/mol. The number of hydrogen-bond acceptors (Lipinski definition) is 4. The standard InChI is InChI=1S/C10H14N2O3/c1-4-7(2)12-8(6-13)5-9(11-12)10(14)15-3/h5-7H,4H2,1-3H3/t7-/m1/s1. The van der Waals surface area contributed by atoms with Crippen LogP contribution < -0.4 is 0 Å². The van der Waals surface area contributed by atoms with Crippen molar-refractivity contribution in [3.8, 4) is 0 Å². The average Bonchev–Trinajstić information content (AvgIpc) is 2.70. The van der Waals surface area contributed by atoms with E-state index in [-0.39, 0.29) is 11.7 Å². The van der Waals surface area contributed by atoms with Crippen LogP contribution in [0.1, 0.15) is 47.3 Å². The van der Waals surface area contributed by atoms with E-state index >= 15 is 0 Å². The van der Waals surface area contributed by atoms with Crippen molar-refractivity contribution in [2.75, 3.05) is 7.11 Å². The number of methoxy groups -OCH3 is 1. The lowest BCUT2D eigenvalue weighted by Gasteiger charge is -2.10. The molecule has 0 saturated carbocycles. The van der Waals surface area contributed by atoms with Crippen LogP contribution in [0.15, 0.2) is 6.07 Å². The molecule has 82 valence electrons. The Balaban J connectivity index is 3.10. The number of carbonyl (C=O) groups excluding carboxylic acids is 2. The number of carbonyl (C=O) groups is 2. The van der Waals surface area contributed by atoms with Gasteiger partial charge in [-0.05, 0) is 13.3 Å². The first-order chi connectivity index (χ1) is 7.13. The van der Waals surface area contributed by atoms with Crippen molar-refractivity contribution < 1.29 is 14.3 Å². The van der Waals surface area contributed by atoms with Gasteiger partial charge < -0.3 is 4.74 Å². The van der Waals surface area contributed by atoms with Gasteiger partial charge in [0.2, 0.25) is 0 Å². The number of aromatic nitrogens is 2. The molecule has 0 aliphatic carbocycles. The van der Waals surface area contributed by atoms with Crippen LogP contribution in [-0.2, 0) is 4.74 Å². The first-order valence-corrected chi connectivity index (χ1v) is 4.77. The van der Waals surface area contributed by atoms with Gasteiger partial charge in [0.1, 0.15) is 5.69 Å². The van der Waals surface area contributed by atoms with Gasteiger partial charge in [-0.2, -0.15) is 5.10 Å². The van der Waals surface area contributed by atoms with Crippen LogP contribution in [0.5, 0.6) is 0 Å². The van der Waals surface area contributed by atoms with E-state index in [0.717, 1.165) is 6.42 Å². The summed E-state index contributed by atoms with van der Waals surface area (Å²) in [6.45, 7) is 3.92. The molecule has 0 aromatic carbocycles. The second-order valence-electron chi connectivity index (χ2n) is 3.27. The molecule has 0 N–H and O–H groups in total. The fourth-order valence-electron chi connectivity index (χ4n) is 1.23. The molecule has 5 heteroatoms. The molecule has 0 radical (unpaired) electrons. The lowest BCUT2D eigenvalue weighted by Crippen LogP contribution is -2.10. The fraction of sp³-hybridized carbons (Fsp3) is 0.500. The van der Waals surface area contributed by atoms with Crippen LogP contribution in [0.2, 0.25) is 0 Å². The quantitative estimate of drug-likeness (QED) is 0.557. The average molecular weight is 210 g/mol. The third kappa shape index (κ3) is 2.23. The molecular weight excluding hydrogens is 196 g/mol. The number of rotatable bonds is 4. The smallest absolute Gasteiger partial charge is 0.358 e. The lowest BCUT2D eigenvalue weighted by atomic mass is 10.2. The number of esters is 1. The van der Waals surface area contributed by atoms with E-state index in [1.54, 1.807) is 4.68 Å². The number of hydrogen-bond donors (Lipinski definition) is 0. The van der Waals surface area contributed by atoms with Crippen LogP contribution in [0.3, 0.4) is 0 Å². The number of aldehydes is 1. The van der Waals surface area contributed by atoms with Crippen molar-refractivity contribution in [3.63, 3.8) is 0 Å². The van der Waals surface area contributed by atoms with E-state index in [1.807, 2.05) is 13.8 Å². The van der Waals surface area contributed by atoms with Gasteiger partial charge in [0.05, 0.1) is 7.11 Å². The lowest BCUT2D eigenvalue weighted by molar-refractivity contribution is 0.0592. The molecule has 1 rings (SSSR count). The molecule has 1 aromatic rings. The van der Waals surface area contributed by atoms with Crippen LogP contribution in [0.25, 0.3) is 0 Å². The Morgan fingerprint density at radius 2 is 2.40 bits per heavy atom. The molecule has 0 fully saturated rings. The third-order valence-corrected chi connectivity index (χ3v) is 2.29. The molecular formula is C10H14N2O3. The van der Waals surface area contributed by atoms with Gasteiger partial charge in [-0.25, -0.2) is 4.79 Å². The summed E-state index contributed by atoms with van der Waals surface area (Å²) in [5.74, 6) is -0.528. The largest absolute Gasteiger partial charge is 0.464 e. The first-order valence-electron chi connectivity index (χ1n) is 4.77. The van der Waals surface area contributed by atoms with Crippen molar-refractivity contribution in [2.24, 2.45) is 0 Å². The van der Waals surface area contributed by atoms with Crippen LogP contribution in [0, 0.1) is 0 Å². The molecule has 0 saturated heterocycles. The summed E-state index contributed by atoms with van der Waals surface area (Å²) in [5.41, 5.74) is 0.560. The van der Waals surface area contributed by atoms with Crippen LogP contribution in [0.4, 0.5) is 0 Å². The van der Waals surface area contributed by atoms with Crippen LogP contribution in [-0.4, -0.2) is 29.1 Å². The summed E-state index contributed by atoms with van der Waals surface area (Å²) in [6.07, 6.45) is 1.52. The van der Waals surface area contributed by atoms with E-state index in [9.17, 15) is 9.59 Å². The predicted octanol–water partition coefficient (Wildman–Crippen LogP) is 1.45. The Morgan fingerprint density at radius 1 is 1.73 bits per heavy atom. The number of nitrogens with zero attached hydrogens (tertiary/aromatic N) is 2. The Bertz CT molecular complexity index is 371. The summed E-state index contributed by atoms with van der Waals surface area (Å²) < 4.78 is 6.07. The van der Waals surface area contributed by atoms with Gasteiger partial charge in [0, 0.05) is 12.1 Å². The molecule has 1 heterocycles. The molecule has 5 nitrogen and oxygen atoms in total. The Labute approximate surface area is 88.0 Å². The van der Waals surface area contributed by atoms with E-state index in [1.165, 1.54) is 13.2 Å². The normalized spacial score (nSPS) is 12.2. The van der Waals surface area contributed by atoms with Gasteiger partial charge in [-0.3, -0.25) is 9.48 Å². The zero-order valence-electron chi connectivity index (χ0n) is 9.06. The van der Waals surface area contributed by atoms with Gasteiger partial charge in [-0.1, -0.05) is 6.92 Å². The first kappa shape index (κ1) is 11.4. The Hall–Kier alpha value is -1.65. The summed E-state index contributed by atoms with van der Waals surface area (Å²) in [6, 6.07) is 1.52. The highest BCUT2D eigenvalue weighted by Gasteiger charge is 2.16. The summed E-state index contributed by atoms with van der Waals surface area (Å²) in [4.78, 5) is 22.0. The van der Waals surface area contributed by atoms with Crippen molar-refractivity contribution in [2.45, 2.75) is 26.3 Å². The molecule has 0 aliphatic heterocycles. The van der Waals surface area contributed by atoms with Crippen LogP contribution >= 0.6 is 0 Å². The Morgan fingerprint density at radius 3 is 2.87 bits per heavy atom. The fourth-order valence-corrected chi connectivity index (χ4v) is 1.23. The van der Waals surface area contributed by atoms with E-state index in [0.29, 0.717) is 12.0 Å². The molecule has 0 unspecified atom stereocenters. The summed E-state index contributed by atoms with van der Waals surface area (Å²) in [5, 5.41) is 4.03. The highest BCUT2D eigenvalue weighted by Crippen LogP contribution is 2.13. The molecule has 0 aliphatic rings. The SMILES string of the molecule is CC[C@@H](C)n1nc(C(=O)OC)cc1C=O. The van der Waals surface area contributed by atoms with Crippen molar-refractivity contribution in [1.82, 2.24) is 9.78 Å². The second kappa shape index (κ2) is 4.72. The molecule has 0 amide bonds. The highest BCUT2D eigenvalue weighted by molar-refractivity contribution is 5.89. The highest BCUT2D eigenvalue weighted by atomic mass is 16.5. The van der Waals surface area contributed by atoms with Gasteiger partial charge >= 0.3 is 5.97 Å². The maximum Gasteiger partial charge on any atom is 0.358 e. The Kier molecular flexibility index (Phi) is 3.60. The molecule has 1 atom stereocenters. The molecule has 0 bridgehead atoms. The van der Waals surface area contributed by atoms with E-state index in [4.69, 9.17) is 0 Å². The maximum absolute atomic E-state index is 11.2. The topological polar surface area (TPSA) is 61.2 Å². The zero-order chi connectivity index (χ0) is 11.4. The van der Waals surface area contributed by atoms with Crippen molar-refractivity contribution in [3.05, 3.63) is 17.5 Å². The van der Waals surface area contributed by atoms with Crippen molar-refractivity contribution >= 4 is 12.3 Å².